The van der Waals surface area contributed by atoms with Crippen molar-refractivity contribution in [1.29, 1.82) is 0 Å². The molecule has 1 atom stereocenters. The first kappa shape index (κ1) is 13.5. The van der Waals surface area contributed by atoms with Crippen molar-refractivity contribution in [2.45, 2.75) is 51.6 Å². The van der Waals surface area contributed by atoms with Gasteiger partial charge in [-0.25, -0.2) is 0 Å². The summed E-state index contributed by atoms with van der Waals surface area (Å²) in [6.07, 6.45) is 3.77. The van der Waals surface area contributed by atoms with Crippen molar-refractivity contribution in [1.82, 2.24) is 10.2 Å². The first-order chi connectivity index (χ1) is 7.71. The smallest absolute Gasteiger partial charge is 0.220 e. The van der Waals surface area contributed by atoms with Crippen LogP contribution < -0.4 is 5.32 Å². The van der Waals surface area contributed by atoms with Gasteiger partial charge >= 0.3 is 0 Å². The summed E-state index contributed by atoms with van der Waals surface area (Å²) in [6, 6.07) is 0.796. The van der Waals surface area contributed by atoms with Gasteiger partial charge in [-0.15, -0.1) is 0 Å². The van der Waals surface area contributed by atoms with Crippen molar-refractivity contribution >= 4 is 5.91 Å². The van der Waals surface area contributed by atoms with Crippen LogP contribution in [0.1, 0.15) is 39.5 Å². The molecule has 0 aromatic carbocycles. The van der Waals surface area contributed by atoms with Gasteiger partial charge in [-0.1, -0.05) is 13.8 Å². The van der Waals surface area contributed by atoms with Crippen LogP contribution in [0.5, 0.6) is 0 Å². The average Bonchev–Trinajstić information content (AvgIpc) is 2.66. The number of hydrogen-bond donors (Lipinski definition) is 2. The van der Waals surface area contributed by atoms with Gasteiger partial charge in [0.2, 0.25) is 5.91 Å². The fraction of sp³-hybridized carbons (Fsp3) is 0.917. The molecule has 1 saturated heterocycles. The standard InChI is InChI=1S/C12H24N2O2/c1-3-11(4-2)14(7-8-15)9-10-5-6-12(16)13-10/h10-11,15H,3-9H2,1-2H3,(H,13,16). The van der Waals surface area contributed by atoms with Crippen molar-refractivity contribution in [3.8, 4) is 0 Å². The minimum Gasteiger partial charge on any atom is -0.395 e. The van der Waals surface area contributed by atoms with E-state index in [0.717, 1.165) is 25.8 Å². The van der Waals surface area contributed by atoms with Crippen LogP contribution in [0.4, 0.5) is 0 Å². The molecule has 4 nitrogen and oxygen atoms in total. The Morgan fingerprint density at radius 1 is 1.50 bits per heavy atom. The van der Waals surface area contributed by atoms with E-state index in [9.17, 15) is 4.79 Å². The molecule has 0 aromatic rings. The molecule has 1 aliphatic heterocycles. The normalized spacial score (nSPS) is 20.8. The lowest BCUT2D eigenvalue weighted by Gasteiger charge is -2.31. The molecule has 4 heteroatoms. The van der Waals surface area contributed by atoms with Crippen molar-refractivity contribution < 1.29 is 9.90 Å². The quantitative estimate of drug-likeness (QED) is 0.676. The van der Waals surface area contributed by atoms with E-state index in [-0.39, 0.29) is 18.6 Å². The van der Waals surface area contributed by atoms with E-state index in [1.165, 1.54) is 0 Å². The molecule has 0 saturated carbocycles. The summed E-state index contributed by atoms with van der Waals surface area (Å²) in [5.74, 6) is 0.165. The zero-order valence-corrected chi connectivity index (χ0v) is 10.4. The number of carbonyl (C=O) groups is 1. The maximum absolute atomic E-state index is 11.1. The average molecular weight is 228 g/mol. The molecule has 0 radical (unpaired) electrons. The zero-order chi connectivity index (χ0) is 12.0. The molecule has 1 rings (SSSR count). The fourth-order valence-electron chi connectivity index (χ4n) is 2.45. The number of nitrogens with zero attached hydrogens (tertiary/aromatic N) is 1. The van der Waals surface area contributed by atoms with Crippen molar-refractivity contribution in [2.24, 2.45) is 0 Å². The molecule has 2 N–H and O–H groups in total. The molecule has 0 bridgehead atoms. The first-order valence-corrected chi connectivity index (χ1v) is 6.35. The van der Waals surface area contributed by atoms with E-state index in [0.29, 0.717) is 19.0 Å². The minimum atomic E-state index is 0.165. The highest BCUT2D eigenvalue weighted by atomic mass is 16.3. The molecule has 1 fully saturated rings. The molecule has 0 spiro atoms. The van der Waals surface area contributed by atoms with Gasteiger partial charge in [-0.2, -0.15) is 0 Å². The number of nitrogens with one attached hydrogen (secondary N) is 1. The molecule has 1 unspecified atom stereocenters. The lowest BCUT2D eigenvalue weighted by atomic mass is 10.1. The summed E-state index contributed by atoms with van der Waals surface area (Å²) in [5, 5.41) is 12.1. The topological polar surface area (TPSA) is 52.6 Å². The van der Waals surface area contributed by atoms with E-state index in [1.807, 2.05) is 0 Å². The number of rotatable bonds is 7. The van der Waals surface area contributed by atoms with E-state index in [2.05, 4.69) is 24.1 Å². The van der Waals surface area contributed by atoms with Crippen LogP contribution in [-0.4, -0.2) is 47.7 Å². The number of aliphatic hydroxyl groups is 1. The van der Waals surface area contributed by atoms with Crippen molar-refractivity contribution in [3.05, 3.63) is 0 Å². The van der Waals surface area contributed by atoms with E-state index in [1.54, 1.807) is 0 Å². The molecule has 1 aliphatic rings. The summed E-state index contributed by atoms with van der Waals surface area (Å²) in [7, 11) is 0. The van der Waals surface area contributed by atoms with E-state index in [4.69, 9.17) is 5.11 Å². The molecular weight excluding hydrogens is 204 g/mol. The van der Waals surface area contributed by atoms with Crippen LogP contribution in [0.2, 0.25) is 0 Å². The second-order valence-corrected chi connectivity index (χ2v) is 4.49. The minimum absolute atomic E-state index is 0.165. The molecule has 0 aliphatic carbocycles. The molecule has 94 valence electrons. The summed E-state index contributed by atoms with van der Waals surface area (Å²) in [4.78, 5) is 13.4. The highest BCUT2D eigenvalue weighted by Gasteiger charge is 2.25. The predicted molar refractivity (Wildman–Crippen MR) is 64.2 cm³/mol. The van der Waals surface area contributed by atoms with Gasteiger partial charge in [0.25, 0.3) is 0 Å². The van der Waals surface area contributed by atoms with E-state index >= 15 is 0 Å². The van der Waals surface area contributed by atoms with Gasteiger partial charge in [0.05, 0.1) is 6.61 Å². The largest absolute Gasteiger partial charge is 0.395 e. The third-order valence-electron chi connectivity index (χ3n) is 3.39. The van der Waals surface area contributed by atoms with Gasteiger partial charge < -0.3 is 10.4 Å². The SMILES string of the molecule is CCC(CC)N(CCO)CC1CCC(=O)N1. The van der Waals surface area contributed by atoms with Gasteiger partial charge in [-0.3, -0.25) is 9.69 Å². The molecule has 1 heterocycles. The Kier molecular flexibility index (Phi) is 5.77. The van der Waals surface area contributed by atoms with Gasteiger partial charge in [0.15, 0.2) is 0 Å². The third kappa shape index (κ3) is 3.76. The Bertz CT molecular complexity index is 217. The number of aliphatic hydroxyl groups excluding tert-OH is 1. The van der Waals surface area contributed by atoms with Crippen LogP contribution in [0, 0.1) is 0 Å². The second kappa shape index (κ2) is 6.86. The van der Waals surface area contributed by atoms with E-state index < -0.39 is 0 Å². The summed E-state index contributed by atoms with van der Waals surface area (Å²) in [6.45, 7) is 6.12. The van der Waals surface area contributed by atoms with Crippen LogP contribution in [0.3, 0.4) is 0 Å². The Morgan fingerprint density at radius 3 is 2.62 bits per heavy atom. The fourth-order valence-corrected chi connectivity index (χ4v) is 2.45. The number of carbonyl (C=O) groups excluding carboxylic acids is 1. The number of hydrogen-bond acceptors (Lipinski definition) is 3. The Hall–Kier alpha value is -0.610. The monoisotopic (exact) mass is 228 g/mol. The molecule has 16 heavy (non-hydrogen) atoms. The highest BCUT2D eigenvalue weighted by molar-refractivity contribution is 5.78. The van der Waals surface area contributed by atoms with Crippen molar-refractivity contribution in [3.63, 3.8) is 0 Å². The molecular formula is C12H24N2O2. The van der Waals surface area contributed by atoms with Gasteiger partial charge in [0, 0.05) is 31.6 Å². The lowest BCUT2D eigenvalue weighted by Crippen LogP contribution is -2.44. The second-order valence-electron chi connectivity index (χ2n) is 4.49. The maximum Gasteiger partial charge on any atom is 0.220 e. The molecule has 0 aromatic heterocycles. The first-order valence-electron chi connectivity index (χ1n) is 6.35. The van der Waals surface area contributed by atoms with Crippen LogP contribution in [0.25, 0.3) is 0 Å². The van der Waals surface area contributed by atoms with Crippen LogP contribution in [0.15, 0.2) is 0 Å². The molecule has 1 amide bonds. The Labute approximate surface area is 98.0 Å². The Morgan fingerprint density at radius 2 is 2.19 bits per heavy atom. The maximum atomic E-state index is 11.1. The highest BCUT2D eigenvalue weighted by Crippen LogP contribution is 2.13. The van der Waals surface area contributed by atoms with Crippen LogP contribution in [-0.2, 0) is 4.79 Å². The predicted octanol–water partition coefficient (Wildman–Crippen LogP) is 0.748. The van der Waals surface area contributed by atoms with Crippen molar-refractivity contribution in [2.75, 3.05) is 19.7 Å². The zero-order valence-electron chi connectivity index (χ0n) is 10.4. The Balaban J connectivity index is 2.46. The number of amides is 1. The summed E-state index contributed by atoms with van der Waals surface area (Å²) >= 11 is 0. The lowest BCUT2D eigenvalue weighted by molar-refractivity contribution is -0.119. The third-order valence-corrected chi connectivity index (χ3v) is 3.39. The van der Waals surface area contributed by atoms with Crippen LogP contribution >= 0.6 is 0 Å². The van der Waals surface area contributed by atoms with Gasteiger partial charge in [0.1, 0.15) is 0 Å². The van der Waals surface area contributed by atoms with Gasteiger partial charge in [-0.05, 0) is 19.3 Å². The summed E-state index contributed by atoms with van der Waals surface area (Å²) < 4.78 is 0. The summed E-state index contributed by atoms with van der Waals surface area (Å²) in [5.41, 5.74) is 0.